The van der Waals surface area contributed by atoms with Gasteiger partial charge in [-0.05, 0) is 38.1 Å². The smallest absolute Gasteiger partial charge is 0.254 e. The molecule has 1 aliphatic rings. The van der Waals surface area contributed by atoms with Gasteiger partial charge >= 0.3 is 0 Å². The number of imidazole rings is 1. The van der Waals surface area contributed by atoms with E-state index in [2.05, 4.69) is 14.5 Å². The van der Waals surface area contributed by atoms with E-state index in [1.807, 2.05) is 25.4 Å². The Hall–Kier alpha value is -2.54. The summed E-state index contributed by atoms with van der Waals surface area (Å²) in [6, 6.07) is 5.58. The van der Waals surface area contributed by atoms with E-state index in [0.717, 1.165) is 22.2 Å². The van der Waals surface area contributed by atoms with Gasteiger partial charge in [0.2, 0.25) is 0 Å². The second-order valence-corrected chi connectivity index (χ2v) is 6.99. The number of nitrogens with zero attached hydrogens (tertiary/aromatic N) is 4. The summed E-state index contributed by atoms with van der Waals surface area (Å²) in [5, 5.41) is 2.90. The fraction of sp³-hybridized carbons (Fsp3) is 0.278. The van der Waals surface area contributed by atoms with Crippen LogP contribution in [-0.4, -0.2) is 31.9 Å². The predicted molar refractivity (Wildman–Crippen MR) is 93.9 cm³/mol. The zero-order chi connectivity index (χ0) is 17.6. The normalized spacial score (nSPS) is 16.8. The van der Waals surface area contributed by atoms with Crippen LogP contribution in [0.4, 0.5) is 4.39 Å². The number of carbonyl (C=O) groups is 1. The fourth-order valence-corrected chi connectivity index (χ4v) is 3.98. The molecule has 4 rings (SSSR count). The quantitative estimate of drug-likeness (QED) is 0.704. The Morgan fingerprint density at radius 3 is 2.72 bits per heavy atom. The maximum atomic E-state index is 13.1. The van der Waals surface area contributed by atoms with Gasteiger partial charge in [-0.1, -0.05) is 0 Å². The fourth-order valence-electron chi connectivity index (χ4n) is 3.18. The molecule has 0 radical (unpaired) electrons. The summed E-state index contributed by atoms with van der Waals surface area (Å²) in [5.74, 6) is 0.421. The molecule has 0 saturated carbocycles. The van der Waals surface area contributed by atoms with Crippen molar-refractivity contribution in [2.24, 2.45) is 0 Å². The van der Waals surface area contributed by atoms with Gasteiger partial charge in [-0.3, -0.25) is 4.79 Å². The molecule has 3 heterocycles. The Morgan fingerprint density at radius 1 is 1.28 bits per heavy atom. The highest BCUT2D eigenvalue weighted by molar-refractivity contribution is 7.13. The minimum atomic E-state index is -0.343. The molecule has 7 heteroatoms. The number of benzene rings is 1. The zero-order valence-electron chi connectivity index (χ0n) is 13.9. The molecule has 1 unspecified atom stereocenters. The van der Waals surface area contributed by atoms with Gasteiger partial charge in [-0.15, -0.1) is 11.3 Å². The lowest BCUT2D eigenvalue weighted by atomic mass is 10.1. The molecule has 0 saturated heterocycles. The maximum absolute atomic E-state index is 13.1. The van der Waals surface area contributed by atoms with Gasteiger partial charge in [0.1, 0.15) is 5.82 Å². The molecule has 0 aliphatic carbocycles. The monoisotopic (exact) mass is 356 g/mol. The van der Waals surface area contributed by atoms with Crippen molar-refractivity contribution >= 4 is 17.2 Å². The summed E-state index contributed by atoms with van der Waals surface area (Å²) in [6.07, 6.45) is 1.82. The van der Waals surface area contributed by atoms with Gasteiger partial charge in [0.25, 0.3) is 5.91 Å². The van der Waals surface area contributed by atoms with Gasteiger partial charge in [0.15, 0.2) is 10.8 Å². The van der Waals surface area contributed by atoms with Crippen molar-refractivity contribution in [3.63, 3.8) is 0 Å². The van der Waals surface area contributed by atoms with Gasteiger partial charge in [0.05, 0.1) is 17.9 Å². The van der Waals surface area contributed by atoms with E-state index in [4.69, 9.17) is 0 Å². The van der Waals surface area contributed by atoms with Crippen molar-refractivity contribution < 1.29 is 9.18 Å². The van der Waals surface area contributed by atoms with Crippen molar-refractivity contribution in [3.8, 4) is 10.8 Å². The first-order valence-corrected chi connectivity index (χ1v) is 8.97. The number of aromatic nitrogens is 3. The summed E-state index contributed by atoms with van der Waals surface area (Å²) >= 11 is 1.58. The van der Waals surface area contributed by atoms with E-state index in [0.29, 0.717) is 18.7 Å². The van der Waals surface area contributed by atoms with E-state index in [9.17, 15) is 9.18 Å². The van der Waals surface area contributed by atoms with E-state index in [-0.39, 0.29) is 17.8 Å². The van der Waals surface area contributed by atoms with E-state index >= 15 is 0 Å². The number of amides is 1. The second-order valence-electron chi connectivity index (χ2n) is 6.13. The van der Waals surface area contributed by atoms with Crippen LogP contribution >= 0.6 is 11.3 Å². The molecule has 1 aromatic carbocycles. The molecule has 0 fully saturated rings. The second kappa shape index (κ2) is 6.07. The number of rotatable bonds is 2. The number of halogens is 1. The van der Waals surface area contributed by atoms with E-state index < -0.39 is 0 Å². The van der Waals surface area contributed by atoms with E-state index in [1.165, 1.54) is 24.3 Å². The lowest BCUT2D eigenvalue weighted by molar-refractivity contribution is 0.0645. The van der Waals surface area contributed by atoms with Gasteiger partial charge < -0.3 is 9.47 Å². The minimum absolute atomic E-state index is 0.0911. The lowest BCUT2D eigenvalue weighted by Crippen LogP contribution is -2.41. The van der Waals surface area contributed by atoms with Crippen molar-refractivity contribution in [1.29, 1.82) is 0 Å². The minimum Gasteiger partial charge on any atom is -0.329 e. The Morgan fingerprint density at radius 2 is 2.04 bits per heavy atom. The first-order chi connectivity index (χ1) is 12.0. The standard InChI is InChI=1S/C18H17FN4OS/c1-11-10-25-17(21-11)16-20-9-15-12(2)22(7-8-23(15)16)18(24)13-3-5-14(19)6-4-13/h3-6,9-10,12H,7-8H2,1-2H3. The summed E-state index contributed by atoms with van der Waals surface area (Å²) in [5.41, 5.74) is 2.47. The Balaban J connectivity index is 1.63. The van der Waals surface area contributed by atoms with Gasteiger partial charge in [-0.25, -0.2) is 14.4 Å². The van der Waals surface area contributed by atoms with Crippen molar-refractivity contribution in [2.45, 2.75) is 26.4 Å². The molecule has 1 atom stereocenters. The summed E-state index contributed by atoms with van der Waals surface area (Å²) in [4.78, 5) is 23.6. The van der Waals surface area contributed by atoms with Crippen LogP contribution in [0.2, 0.25) is 0 Å². The largest absolute Gasteiger partial charge is 0.329 e. The van der Waals surface area contributed by atoms with Crippen LogP contribution < -0.4 is 0 Å². The highest BCUT2D eigenvalue weighted by Gasteiger charge is 2.31. The van der Waals surface area contributed by atoms with Crippen LogP contribution in [0.5, 0.6) is 0 Å². The molecule has 3 aromatic rings. The summed E-state index contributed by atoms with van der Waals surface area (Å²) in [6.45, 7) is 5.20. The molecule has 0 bridgehead atoms. The predicted octanol–water partition coefficient (Wildman–Crippen LogP) is 3.67. The maximum Gasteiger partial charge on any atom is 0.254 e. The highest BCUT2D eigenvalue weighted by Crippen LogP contribution is 2.32. The van der Waals surface area contributed by atoms with Crippen LogP contribution in [0.3, 0.4) is 0 Å². The molecule has 128 valence electrons. The van der Waals surface area contributed by atoms with Crippen LogP contribution in [-0.2, 0) is 6.54 Å². The Kier molecular flexibility index (Phi) is 3.88. The molecular weight excluding hydrogens is 339 g/mol. The molecular formula is C18H17FN4OS. The average molecular weight is 356 g/mol. The molecule has 0 N–H and O–H groups in total. The van der Waals surface area contributed by atoms with Crippen LogP contribution in [0.1, 0.15) is 34.7 Å². The first kappa shape index (κ1) is 16.0. The zero-order valence-corrected chi connectivity index (χ0v) is 14.8. The summed E-state index contributed by atoms with van der Waals surface area (Å²) < 4.78 is 15.2. The lowest BCUT2D eigenvalue weighted by Gasteiger charge is -2.35. The van der Waals surface area contributed by atoms with Crippen molar-refractivity contribution in [1.82, 2.24) is 19.4 Å². The van der Waals surface area contributed by atoms with Crippen molar-refractivity contribution in [3.05, 3.63) is 58.6 Å². The van der Waals surface area contributed by atoms with Crippen LogP contribution in [0.25, 0.3) is 10.8 Å². The SMILES string of the molecule is Cc1csc(-c2ncc3n2CCN(C(=O)c2ccc(F)cc2)C3C)n1. The number of carbonyl (C=O) groups excluding carboxylic acids is 1. The highest BCUT2D eigenvalue weighted by atomic mass is 32.1. The number of hydrogen-bond acceptors (Lipinski definition) is 4. The third-order valence-corrected chi connectivity index (χ3v) is 5.46. The number of aryl methyl sites for hydroxylation is 1. The molecule has 5 nitrogen and oxygen atoms in total. The topological polar surface area (TPSA) is 51.0 Å². The third kappa shape index (κ3) is 2.74. The molecule has 1 amide bonds. The third-order valence-electron chi connectivity index (χ3n) is 4.51. The van der Waals surface area contributed by atoms with Gasteiger partial charge in [0, 0.05) is 29.7 Å². The molecule has 2 aromatic heterocycles. The number of hydrogen-bond donors (Lipinski definition) is 0. The molecule has 25 heavy (non-hydrogen) atoms. The van der Waals surface area contributed by atoms with Crippen LogP contribution in [0, 0.1) is 12.7 Å². The Labute approximate surface area is 148 Å². The Bertz CT molecular complexity index is 931. The average Bonchev–Trinajstić information content (AvgIpc) is 3.21. The van der Waals surface area contributed by atoms with Gasteiger partial charge in [-0.2, -0.15) is 0 Å². The number of fused-ring (bicyclic) bond motifs is 1. The molecule has 1 aliphatic heterocycles. The number of thiazole rings is 1. The van der Waals surface area contributed by atoms with Crippen LogP contribution in [0.15, 0.2) is 35.8 Å². The summed E-state index contributed by atoms with van der Waals surface area (Å²) in [7, 11) is 0. The van der Waals surface area contributed by atoms with Crippen molar-refractivity contribution in [2.75, 3.05) is 6.54 Å². The first-order valence-electron chi connectivity index (χ1n) is 8.09. The molecule has 0 spiro atoms. The van der Waals surface area contributed by atoms with E-state index in [1.54, 1.807) is 16.2 Å².